The van der Waals surface area contributed by atoms with Crippen LogP contribution in [0.4, 0.5) is 10.1 Å². The smallest absolute Gasteiger partial charge is 0.311 e. The molecular weight excluding hydrogens is 247 g/mol. The summed E-state index contributed by atoms with van der Waals surface area (Å²) in [6.07, 6.45) is 0. The van der Waals surface area contributed by atoms with Crippen LogP contribution in [0.1, 0.15) is 33.3 Å². The van der Waals surface area contributed by atoms with Crippen LogP contribution in [-0.2, 0) is 4.79 Å². The maximum absolute atomic E-state index is 13.8. The number of anilines is 1. The Morgan fingerprint density at radius 3 is 2.37 bits per heavy atom. The molecule has 1 aromatic carbocycles. The molecule has 0 aliphatic carbocycles. The van der Waals surface area contributed by atoms with Crippen LogP contribution in [0.15, 0.2) is 18.2 Å². The number of carboxylic acid groups (broad SMARTS) is 1. The maximum atomic E-state index is 13.8. The number of hydrogen-bond donors (Lipinski definition) is 2. The number of rotatable bonds is 4. The van der Waals surface area contributed by atoms with Gasteiger partial charge in [0.05, 0.1) is 22.7 Å². The molecule has 0 heterocycles. The molecule has 0 fully saturated rings. The second-order valence-corrected chi connectivity index (χ2v) is 5.49. The Kier molecular flexibility index (Phi) is 3.85. The molecule has 1 rings (SSSR count). The molecule has 0 aromatic heterocycles. The third kappa shape index (κ3) is 2.84. The van der Waals surface area contributed by atoms with E-state index in [1.54, 1.807) is 27.7 Å². The normalized spacial score (nSPS) is 11.8. The highest BCUT2D eigenvalue weighted by Gasteiger charge is 2.43. The van der Waals surface area contributed by atoms with Crippen molar-refractivity contribution in [2.75, 3.05) is 5.32 Å². The molecular formula is C14H17FN2O2. The van der Waals surface area contributed by atoms with Crippen molar-refractivity contribution in [2.24, 2.45) is 5.41 Å². The van der Waals surface area contributed by atoms with Gasteiger partial charge in [0.25, 0.3) is 0 Å². The van der Waals surface area contributed by atoms with Crippen LogP contribution < -0.4 is 5.32 Å². The highest BCUT2D eigenvalue weighted by Crippen LogP contribution is 2.34. The van der Waals surface area contributed by atoms with Gasteiger partial charge in [-0.05, 0) is 45.9 Å². The van der Waals surface area contributed by atoms with E-state index >= 15 is 0 Å². The average Bonchev–Trinajstić information content (AvgIpc) is 2.31. The van der Waals surface area contributed by atoms with Crippen LogP contribution in [0.2, 0.25) is 0 Å². The van der Waals surface area contributed by atoms with Gasteiger partial charge in [0.15, 0.2) is 0 Å². The van der Waals surface area contributed by atoms with Gasteiger partial charge in [-0.2, -0.15) is 5.26 Å². The zero-order valence-electron chi connectivity index (χ0n) is 11.4. The highest BCUT2D eigenvalue weighted by molar-refractivity contribution is 5.76. The minimum atomic E-state index is -1.09. The Balaban J connectivity index is 3.09. The molecule has 0 spiro atoms. The van der Waals surface area contributed by atoms with E-state index in [0.29, 0.717) is 0 Å². The second-order valence-electron chi connectivity index (χ2n) is 5.49. The largest absolute Gasteiger partial charge is 0.481 e. The van der Waals surface area contributed by atoms with Gasteiger partial charge < -0.3 is 10.4 Å². The molecule has 2 N–H and O–H groups in total. The van der Waals surface area contributed by atoms with Crippen molar-refractivity contribution >= 4 is 11.7 Å². The van der Waals surface area contributed by atoms with Gasteiger partial charge in [-0.3, -0.25) is 4.79 Å². The van der Waals surface area contributed by atoms with E-state index < -0.39 is 22.7 Å². The monoisotopic (exact) mass is 264 g/mol. The predicted molar refractivity (Wildman–Crippen MR) is 70.2 cm³/mol. The van der Waals surface area contributed by atoms with Crippen molar-refractivity contribution in [3.05, 3.63) is 29.6 Å². The summed E-state index contributed by atoms with van der Waals surface area (Å²) >= 11 is 0. The number of carbonyl (C=O) groups is 1. The minimum Gasteiger partial charge on any atom is -0.481 e. The topological polar surface area (TPSA) is 73.1 Å². The zero-order valence-corrected chi connectivity index (χ0v) is 11.4. The summed E-state index contributed by atoms with van der Waals surface area (Å²) in [7, 11) is 0. The van der Waals surface area contributed by atoms with Gasteiger partial charge in [-0.25, -0.2) is 4.39 Å². The molecule has 0 aliphatic rings. The van der Waals surface area contributed by atoms with Gasteiger partial charge in [0, 0.05) is 5.54 Å². The number of nitriles is 1. The summed E-state index contributed by atoms with van der Waals surface area (Å²) < 4.78 is 13.8. The second kappa shape index (κ2) is 4.88. The molecule has 0 saturated heterocycles. The molecule has 0 unspecified atom stereocenters. The number of carboxylic acids is 1. The third-order valence-corrected chi connectivity index (χ3v) is 3.64. The first kappa shape index (κ1) is 15.0. The quantitative estimate of drug-likeness (QED) is 0.876. The van der Waals surface area contributed by atoms with Gasteiger partial charge >= 0.3 is 5.97 Å². The van der Waals surface area contributed by atoms with Gasteiger partial charge in [0.2, 0.25) is 0 Å². The van der Waals surface area contributed by atoms with Crippen LogP contribution in [0.5, 0.6) is 0 Å². The Hall–Kier alpha value is -2.09. The van der Waals surface area contributed by atoms with Crippen LogP contribution >= 0.6 is 0 Å². The summed E-state index contributed by atoms with van der Waals surface area (Å²) in [5.41, 5.74) is -1.56. The molecule has 0 saturated carbocycles. The first-order valence-electron chi connectivity index (χ1n) is 5.83. The fourth-order valence-corrected chi connectivity index (χ4v) is 1.45. The Morgan fingerprint density at radius 2 is 1.95 bits per heavy atom. The number of nitrogens with one attached hydrogen (secondary N) is 1. The lowest BCUT2D eigenvalue weighted by atomic mass is 9.74. The van der Waals surface area contributed by atoms with Gasteiger partial charge in [-0.15, -0.1) is 0 Å². The first-order chi connectivity index (χ1) is 8.61. The molecule has 5 heteroatoms. The van der Waals surface area contributed by atoms with E-state index in [-0.39, 0.29) is 11.3 Å². The van der Waals surface area contributed by atoms with E-state index in [4.69, 9.17) is 5.26 Å². The number of nitrogens with zero attached hydrogens (tertiary/aromatic N) is 1. The van der Waals surface area contributed by atoms with Crippen molar-refractivity contribution in [2.45, 2.75) is 33.2 Å². The van der Waals surface area contributed by atoms with Gasteiger partial charge in [0.1, 0.15) is 5.82 Å². The minimum absolute atomic E-state index is 0.179. The lowest BCUT2D eigenvalue weighted by Gasteiger charge is -2.39. The molecule has 0 bridgehead atoms. The highest BCUT2D eigenvalue weighted by atomic mass is 19.1. The van der Waals surface area contributed by atoms with E-state index in [1.165, 1.54) is 12.1 Å². The SMILES string of the molecule is CC(C)(Nc1ccc(C#N)cc1F)C(C)(C)C(=O)O. The molecule has 0 radical (unpaired) electrons. The fraction of sp³-hybridized carbons (Fsp3) is 0.429. The van der Waals surface area contributed by atoms with E-state index in [0.717, 1.165) is 6.07 Å². The first-order valence-corrected chi connectivity index (χ1v) is 5.83. The Bertz CT molecular complexity index is 545. The van der Waals surface area contributed by atoms with Crippen molar-refractivity contribution in [3.63, 3.8) is 0 Å². The van der Waals surface area contributed by atoms with Crippen LogP contribution in [-0.4, -0.2) is 16.6 Å². The summed E-state index contributed by atoms with van der Waals surface area (Å²) in [6, 6.07) is 5.88. The van der Waals surface area contributed by atoms with Crippen molar-refractivity contribution < 1.29 is 14.3 Å². The lowest BCUT2D eigenvalue weighted by molar-refractivity contribution is -0.149. The van der Waals surface area contributed by atoms with E-state index in [9.17, 15) is 14.3 Å². The molecule has 0 atom stereocenters. The summed E-state index contributed by atoms with van der Waals surface area (Å²) in [5, 5.41) is 20.8. The summed E-state index contributed by atoms with van der Waals surface area (Å²) in [5.74, 6) is -1.55. The van der Waals surface area contributed by atoms with Crippen molar-refractivity contribution in [1.82, 2.24) is 0 Å². The lowest BCUT2D eigenvalue weighted by Crippen LogP contribution is -2.50. The third-order valence-electron chi connectivity index (χ3n) is 3.64. The van der Waals surface area contributed by atoms with E-state index in [2.05, 4.69) is 5.32 Å². The molecule has 0 amide bonds. The average molecular weight is 264 g/mol. The number of hydrogen-bond acceptors (Lipinski definition) is 3. The van der Waals surface area contributed by atoms with Crippen molar-refractivity contribution in [3.8, 4) is 6.07 Å². The number of aliphatic carboxylic acids is 1. The Labute approximate surface area is 111 Å². The molecule has 0 aliphatic heterocycles. The molecule has 19 heavy (non-hydrogen) atoms. The molecule has 4 nitrogen and oxygen atoms in total. The molecule has 102 valence electrons. The molecule has 1 aromatic rings. The van der Waals surface area contributed by atoms with Crippen LogP contribution in [0.3, 0.4) is 0 Å². The maximum Gasteiger partial charge on any atom is 0.311 e. The van der Waals surface area contributed by atoms with Crippen LogP contribution in [0, 0.1) is 22.6 Å². The standard InChI is InChI=1S/C14H17FN2O2/c1-13(2,12(18)19)14(3,4)17-11-6-5-9(8-16)7-10(11)15/h5-7,17H,1-4H3,(H,18,19). The zero-order chi connectivity index (χ0) is 14.8. The van der Waals surface area contributed by atoms with Crippen LogP contribution in [0.25, 0.3) is 0 Å². The number of halogens is 1. The predicted octanol–water partition coefficient (Wildman–Crippen LogP) is 3.00. The Morgan fingerprint density at radius 1 is 1.37 bits per heavy atom. The number of benzene rings is 1. The fourth-order valence-electron chi connectivity index (χ4n) is 1.45. The summed E-state index contributed by atoms with van der Waals surface area (Å²) in [6.45, 7) is 6.53. The summed E-state index contributed by atoms with van der Waals surface area (Å²) in [4.78, 5) is 11.3. The van der Waals surface area contributed by atoms with Crippen molar-refractivity contribution in [1.29, 1.82) is 5.26 Å². The van der Waals surface area contributed by atoms with Gasteiger partial charge in [-0.1, -0.05) is 0 Å². The van der Waals surface area contributed by atoms with E-state index in [1.807, 2.05) is 6.07 Å².